The van der Waals surface area contributed by atoms with Gasteiger partial charge in [-0.25, -0.2) is 9.97 Å². The quantitative estimate of drug-likeness (QED) is 0.581. The van der Waals surface area contributed by atoms with E-state index in [0.717, 1.165) is 16.5 Å². The minimum atomic E-state index is 0.381. The molecule has 0 unspecified atom stereocenters. The molecule has 2 aromatic heterocycles. The predicted octanol–water partition coefficient (Wildman–Crippen LogP) is 1.96. The van der Waals surface area contributed by atoms with Crippen LogP contribution in [0, 0.1) is 0 Å². The maximum Gasteiger partial charge on any atom is 0.195 e. The van der Waals surface area contributed by atoms with Gasteiger partial charge in [-0.15, -0.1) is 0 Å². The maximum absolute atomic E-state index is 5.68. The first kappa shape index (κ1) is 7.32. The Kier molecular flexibility index (Phi) is 1.28. The molecule has 3 rings (SSSR count). The van der Waals surface area contributed by atoms with Crippen molar-refractivity contribution >= 4 is 27.9 Å². The summed E-state index contributed by atoms with van der Waals surface area (Å²) in [5.74, 6) is 0.381. The van der Waals surface area contributed by atoms with Crippen LogP contribution >= 0.6 is 0 Å². The molecule has 4 heteroatoms. The summed E-state index contributed by atoms with van der Waals surface area (Å²) in [6, 6.07) is 7.69. The van der Waals surface area contributed by atoms with Gasteiger partial charge in [-0.2, -0.15) is 0 Å². The highest BCUT2D eigenvalue weighted by Crippen LogP contribution is 2.28. The van der Waals surface area contributed by atoms with Crippen LogP contribution in [-0.4, -0.2) is 9.97 Å². The van der Waals surface area contributed by atoms with Gasteiger partial charge in [0.25, 0.3) is 0 Å². The standard InChI is InChI=1S/C10H7N3O/c11-10-9-8(12-5-13-10)6-3-1-2-4-7(6)14-9/h1-5H,(H2,11,12,13). The van der Waals surface area contributed by atoms with Gasteiger partial charge >= 0.3 is 0 Å². The number of benzene rings is 1. The van der Waals surface area contributed by atoms with Gasteiger partial charge < -0.3 is 10.2 Å². The summed E-state index contributed by atoms with van der Waals surface area (Å²) in [4.78, 5) is 8.02. The molecule has 1 aromatic carbocycles. The lowest BCUT2D eigenvalue weighted by atomic mass is 10.2. The number of anilines is 1. The molecule has 3 aromatic rings. The van der Waals surface area contributed by atoms with Crippen molar-refractivity contribution in [2.45, 2.75) is 0 Å². The Morgan fingerprint density at radius 3 is 2.93 bits per heavy atom. The second kappa shape index (κ2) is 2.45. The van der Waals surface area contributed by atoms with E-state index in [1.807, 2.05) is 24.3 Å². The molecule has 4 nitrogen and oxygen atoms in total. The van der Waals surface area contributed by atoms with Gasteiger partial charge in [-0.05, 0) is 12.1 Å². The fourth-order valence-corrected chi connectivity index (χ4v) is 1.54. The minimum Gasteiger partial charge on any atom is -0.450 e. The second-order valence-electron chi connectivity index (χ2n) is 3.03. The SMILES string of the molecule is Nc1ncnc2c1oc1ccccc12. The van der Waals surface area contributed by atoms with Crippen molar-refractivity contribution in [2.75, 3.05) is 5.73 Å². The Hall–Kier alpha value is -2.10. The lowest BCUT2D eigenvalue weighted by Crippen LogP contribution is -1.90. The zero-order chi connectivity index (χ0) is 9.54. The number of rotatable bonds is 0. The summed E-state index contributed by atoms with van der Waals surface area (Å²) >= 11 is 0. The van der Waals surface area contributed by atoms with E-state index in [2.05, 4.69) is 9.97 Å². The molecule has 0 saturated carbocycles. The van der Waals surface area contributed by atoms with Crippen molar-refractivity contribution in [3.8, 4) is 0 Å². The molecular weight excluding hydrogens is 178 g/mol. The molecule has 0 aliphatic carbocycles. The highest BCUT2D eigenvalue weighted by atomic mass is 16.3. The third-order valence-electron chi connectivity index (χ3n) is 2.19. The lowest BCUT2D eigenvalue weighted by molar-refractivity contribution is 0.667. The Morgan fingerprint density at radius 1 is 1.14 bits per heavy atom. The highest BCUT2D eigenvalue weighted by Gasteiger charge is 2.09. The second-order valence-corrected chi connectivity index (χ2v) is 3.03. The first-order valence-electron chi connectivity index (χ1n) is 4.24. The average molecular weight is 185 g/mol. The summed E-state index contributed by atoms with van der Waals surface area (Å²) in [5, 5.41) is 0.969. The molecule has 0 bridgehead atoms. The number of nitrogens with two attached hydrogens (primary N) is 1. The zero-order valence-electron chi connectivity index (χ0n) is 7.27. The molecule has 2 N–H and O–H groups in total. The van der Waals surface area contributed by atoms with Crippen molar-refractivity contribution in [3.05, 3.63) is 30.6 Å². The van der Waals surface area contributed by atoms with E-state index in [-0.39, 0.29) is 0 Å². The van der Waals surface area contributed by atoms with Gasteiger partial charge in [-0.1, -0.05) is 12.1 Å². The largest absolute Gasteiger partial charge is 0.450 e. The topological polar surface area (TPSA) is 64.9 Å². The lowest BCUT2D eigenvalue weighted by Gasteiger charge is -1.89. The molecule has 0 spiro atoms. The highest BCUT2D eigenvalue weighted by molar-refractivity contribution is 6.04. The summed E-state index contributed by atoms with van der Waals surface area (Å²) in [5.41, 5.74) is 7.80. The number of nitrogen functional groups attached to an aromatic ring is 1. The first-order chi connectivity index (χ1) is 6.86. The van der Waals surface area contributed by atoms with Crippen molar-refractivity contribution in [1.82, 2.24) is 9.97 Å². The van der Waals surface area contributed by atoms with Gasteiger partial charge in [0, 0.05) is 5.39 Å². The van der Waals surface area contributed by atoms with Crippen LogP contribution in [0.2, 0.25) is 0 Å². The number of fused-ring (bicyclic) bond motifs is 3. The van der Waals surface area contributed by atoms with Gasteiger partial charge in [0.05, 0.1) is 0 Å². The van der Waals surface area contributed by atoms with E-state index in [0.29, 0.717) is 11.4 Å². The third-order valence-corrected chi connectivity index (χ3v) is 2.19. The molecule has 0 aliphatic rings. The van der Waals surface area contributed by atoms with Crippen LogP contribution in [-0.2, 0) is 0 Å². The normalized spacial score (nSPS) is 11.1. The van der Waals surface area contributed by atoms with Crippen molar-refractivity contribution in [2.24, 2.45) is 0 Å². The number of nitrogens with zero attached hydrogens (tertiary/aromatic N) is 2. The summed E-state index contributed by atoms with van der Waals surface area (Å²) < 4.78 is 5.53. The van der Waals surface area contributed by atoms with E-state index in [1.165, 1.54) is 6.33 Å². The fraction of sp³-hybridized carbons (Fsp3) is 0. The maximum atomic E-state index is 5.68. The van der Waals surface area contributed by atoms with E-state index in [1.54, 1.807) is 0 Å². The molecule has 2 heterocycles. The van der Waals surface area contributed by atoms with Crippen LogP contribution in [0.15, 0.2) is 35.0 Å². The van der Waals surface area contributed by atoms with Crippen molar-refractivity contribution < 1.29 is 4.42 Å². The Balaban J connectivity index is 2.63. The number of aromatic nitrogens is 2. The Morgan fingerprint density at radius 2 is 2.00 bits per heavy atom. The van der Waals surface area contributed by atoms with Crippen LogP contribution < -0.4 is 5.73 Å². The van der Waals surface area contributed by atoms with E-state index in [9.17, 15) is 0 Å². The first-order valence-corrected chi connectivity index (χ1v) is 4.24. The number of furan rings is 1. The number of hydrogen-bond donors (Lipinski definition) is 1. The Bertz CT molecular complexity index is 615. The van der Waals surface area contributed by atoms with Crippen LogP contribution in [0.5, 0.6) is 0 Å². The average Bonchev–Trinajstić information content (AvgIpc) is 2.59. The Labute approximate surface area is 79.4 Å². The van der Waals surface area contributed by atoms with Crippen LogP contribution in [0.3, 0.4) is 0 Å². The van der Waals surface area contributed by atoms with Crippen LogP contribution in [0.25, 0.3) is 22.1 Å². The summed E-state index contributed by atoms with van der Waals surface area (Å²) in [7, 11) is 0. The van der Waals surface area contributed by atoms with Crippen molar-refractivity contribution in [3.63, 3.8) is 0 Å². The summed E-state index contributed by atoms with van der Waals surface area (Å²) in [6.45, 7) is 0. The summed E-state index contributed by atoms with van der Waals surface area (Å²) in [6.07, 6.45) is 1.44. The molecule has 0 fully saturated rings. The molecular formula is C10H7N3O. The molecule has 0 amide bonds. The zero-order valence-corrected chi connectivity index (χ0v) is 7.27. The molecule has 68 valence electrons. The van der Waals surface area contributed by atoms with Gasteiger partial charge in [0.1, 0.15) is 17.4 Å². The van der Waals surface area contributed by atoms with Gasteiger partial charge in [0.15, 0.2) is 11.4 Å². The van der Waals surface area contributed by atoms with Gasteiger partial charge in [0.2, 0.25) is 0 Å². The van der Waals surface area contributed by atoms with Gasteiger partial charge in [-0.3, -0.25) is 0 Å². The van der Waals surface area contributed by atoms with E-state index < -0.39 is 0 Å². The molecule has 0 radical (unpaired) electrons. The smallest absolute Gasteiger partial charge is 0.195 e. The monoisotopic (exact) mass is 185 g/mol. The molecule has 0 aliphatic heterocycles. The van der Waals surface area contributed by atoms with E-state index >= 15 is 0 Å². The predicted molar refractivity (Wildman–Crippen MR) is 53.7 cm³/mol. The molecule has 14 heavy (non-hydrogen) atoms. The van der Waals surface area contributed by atoms with E-state index in [4.69, 9.17) is 10.2 Å². The fourth-order valence-electron chi connectivity index (χ4n) is 1.54. The van der Waals surface area contributed by atoms with Crippen molar-refractivity contribution in [1.29, 1.82) is 0 Å². The number of hydrogen-bond acceptors (Lipinski definition) is 4. The third kappa shape index (κ3) is 0.821. The molecule has 0 atom stereocenters. The van der Waals surface area contributed by atoms with Crippen LogP contribution in [0.1, 0.15) is 0 Å². The molecule has 0 saturated heterocycles. The minimum absolute atomic E-state index is 0.381. The number of para-hydroxylation sites is 1. The van der Waals surface area contributed by atoms with Crippen LogP contribution in [0.4, 0.5) is 5.82 Å².